The smallest absolute Gasteiger partial charge is 0.168 e. The van der Waals surface area contributed by atoms with Crippen molar-refractivity contribution in [2.24, 2.45) is 0 Å². The molecule has 0 amide bonds. The maximum Gasteiger partial charge on any atom is 0.168 e. The summed E-state index contributed by atoms with van der Waals surface area (Å²) in [7, 11) is 0. The standard InChI is InChI=1S/C14H7Cl2F2N3/c15-6-4-7-12(8(16)5-6)20-14(21-13(7)19)11-9(17)2-1-3-10(11)18/h1-5H,(H2,19,20,21). The number of hydrogen-bond acceptors (Lipinski definition) is 3. The predicted molar refractivity (Wildman–Crippen MR) is 79.3 cm³/mol. The zero-order valence-electron chi connectivity index (χ0n) is 10.4. The molecule has 0 aliphatic carbocycles. The van der Waals surface area contributed by atoms with E-state index in [1.165, 1.54) is 12.1 Å². The van der Waals surface area contributed by atoms with Gasteiger partial charge in [0.15, 0.2) is 5.82 Å². The third kappa shape index (κ3) is 2.39. The van der Waals surface area contributed by atoms with Crippen LogP contribution in [0.5, 0.6) is 0 Å². The first kappa shape index (κ1) is 14.0. The average molecular weight is 326 g/mol. The number of aromatic nitrogens is 2. The summed E-state index contributed by atoms with van der Waals surface area (Å²) < 4.78 is 27.6. The highest BCUT2D eigenvalue weighted by molar-refractivity contribution is 6.38. The van der Waals surface area contributed by atoms with Crippen molar-refractivity contribution in [2.45, 2.75) is 0 Å². The van der Waals surface area contributed by atoms with Crippen LogP contribution >= 0.6 is 23.2 Å². The monoisotopic (exact) mass is 325 g/mol. The molecule has 21 heavy (non-hydrogen) atoms. The summed E-state index contributed by atoms with van der Waals surface area (Å²) in [6.07, 6.45) is 0. The number of benzene rings is 2. The zero-order chi connectivity index (χ0) is 15.1. The van der Waals surface area contributed by atoms with Crippen molar-refractivity contribution in [3.63, 3.8) is 0 Å². The number of rotatable bonds is 1. The van der Waals surface area contributed by atoms with Crippen molar-refractivity contribution in [3.8, 4) is 11.4 Å². The van der Waals surface area contributed by atoms with Crippen LogP contribution in [0.4, 0.5) is 14.6 Å². The van der Waals surface area contributed by atoms with E-state index in [0.29, 0.717) is 10.4 Å². The molecule has 7 heteroatoms. The fourth-order valence-corrected chi connectivity index (χ4v) is 2.54. The summed E-state index contributed by atoms with van der Waals surface area (Å²) in [5, 5.41) is 1.02. The van der Waals surface area contributed by atoms with Crippen LogP contribution in [0.1, 0.15) is 0 Å². The Morgan fingerprint density at radius 2 is 1.67 bits per heavy atom. The van der Waals surface area contributed by atoms with Crippen molar-refractivity contribution in [1.82, 2.24) is 9.97 Å². The molecule has 0 saturated heterocycles. The summed E-state index contributed by atoms with van der Waals surface area (Å²) in [6.45, 7) is 0. The number of nitrogens with zero attached hydrogens (tertiary/aromatic N) is 2. The first-order valence-electron chi connectivity index (χ1n) is 5.84. The van der Waals surface area contributed by atoms with Gasteiger partial charge in [-0.25, -0.2) is 18.7 Å². The molecule has 0 radical (unpaired) electrons. The van der Waals surface area contributed by atoms with Crippen LogP contribution in [0, 0.1) is 11.6 Å². The first-order chi connectivity index (χ1) is 9.97. The summed E-state index contributed by atoms with van der Waals surface area (Å²) >= 11 is 11.9. The van der Waals surface area contributed by atoms with Gasteiger partial charge in [-0.1, -0.05) is 29.3 Å². The molecule has 1 aromatic heterocycles. The fraction of sp³-hybridized carbons (Fsp3) is 0. The highest BCUT2D eigenvalue weighted by atomic mass is 35.5. The maximum absolute atomic E-state index is 13.8. The lowest BCUT2D eigenvalue weighted by Crippen LogP contribution is -2.01. The van der Waals surface area contributed by atoms with Crippen LogP contribution in [0.3, 0.4) is 0 Å². The van der Waals surface area contributed by atoms with Crippen LogP contribution in [-0.4, -0.2) is 9.97 Å². The quantitative estimate of drug-likeness (QED) is 0.718. The second-order valence-corrected chi connectivity index (χ2v) is 5.16. The summed E-state index contributed by atoms with van der Waals surface area (Å²) in [4.78, 5) is 8.05. The molecule has 0 aliphatic heterocycles. The van der Waals surface area contributed by atoms with Crippen molar-refractivity contribution < 1.29 is 8.78 Å². The first-order valence-corrected chi connectivity index (χ1v) is 6.59. The topological polar surface area (TPSA) is 51.8 Å². The highest BCUT2D eigenvalue weighted by Crippen LogP contribution is 2.32. The largest absolute Gasteiger partial charge is 0.383 e. The Bertz CT molecular complexity index is 848. The van der Waals surface area contributed by atoms with Gasteiger partial charge < -0.3 is 5.73 Å². The van der Waals surface area contributed by atoms with Gasteiger partial charge in [0.25, 0.3) is 0 Å². The third-order valence-electron chi connectivity index (χ3n) is 2.93. The fourth-order valence-electron chi connectivity index (χ4n) is 2.00. The van der Waals surface area contributed by atoms with E-state index >= 15 is 0 Å². The second-order valence-electron chi connectivity index (χ2n) is 4.31. The number of nitrogens with two attached hydrogens (primary N) is 1. The lowest BCUT2D eigenvalue weighted by Gasteiger charge is -2.08. The molecule has 0 atom stereocenters. The van der Waals surface area contributed by atoms with Gasteiger partial charge in [-0.2, -0.15) is 0 Å². The maximum atomic E-state index is 13.8. The summed E-state index contributed by atoms with van der Waals surface area (Å²) in [6, 6.07) is 6.50. The SMILES string of the molecule is Nc1nc(-c2c(F)cccc2F)nc2c(Cl)cc(Cl)cc12. The van der Waals surface area contributed by atoms with Crippen molar-refractivity contribution in [2.75, 3.05) is 5.73 Å². The second kappa shape index (κ2) is 5.09. The Hall–Kier alpha value is -1.98. The summed E-state index contributed by atoms with van der Waals surface area (Å²) in [5.74, 6) is -1.68. The van der Waals surface area contributed by atoms with E-state index in [2.05, 4.69) is 9.97 Å². The number of fused-ring (bicyclic) bond motifs is 1. The van der Waals surface area contributed by atoms with Crippen LogP contribution in [0.15, 0.2) is 30.3 Å². The molecule has 2 aromatic carbocycles. The Morgan fingerprint density at radius 3 is 2.33 bits per heavy atom. The third-order valence-corrected chi connectivity index (χ3v) is 3.44. The molecular weight excluding hydrogens is 319 g/mol. The minimum absolute atomic E-state index is 0.0436. The molecule has 2 N–H and O–H groups in total. The summed E-state index contributed by atoms with van der Waals surface area (Å²) in [5.41, 5.74) is 5.75. The highest BCUT2D eigenvalue weighted by Gasteiger charge is 2.17. The molecule has 0 aliphatic rings. The number of hydrogen-bond donors (Lipinski definition) is 1. The molecule has 106 valence electrons. The van der Waals surface area contributed by atoms with Crippen molar-refractivity contribution >= 4 is 39.9 Å². The average Bonchev–Trinajstić information content (AvgIpc) is 2.40. The molecule has 0 spiro atoms. The van der Waals surface area contributed by atoms with Gasteiger partial charge in [0.05, 0.1) is 16.1 Å². The zero-order valence-corrected chi connectivity index (χ0v) is 11.9. The van der Waals surface area contributed by atoms with Gasteiger partial charge in [-0.05, 0) is 24.3 Å². The van der Waals surface area contributed by atoms with E-state index in [1.807, 2.05) is 0 Å². The number of anilines is 1. The molecule has 1 heterocycles. The number of halogens is 4. The lowest BCUT2D eigenvalue weighted by atomic mass is 10.1. The molecule has 0 bridgehead atoms. The molecular formula is C14H7Cl2F2N3. The van der Waals surface area contributed by atoms with E-state index in [4.69, 9.17) is 28.9 Å². The van der Waals surface area contributed by atoms with Gasteiger partial charge >= 0.3 is 0 Å². The van der Waals surface area contributed by atoms with Crippen LogP contribution < -0.4 is 5.73 Å². The van der Waals surface area contributed by atoms with Gasteiger partial charge in [-0.3, -0.25) is 0 Å². The minimum Gasteiger partial charge on any atom is -0.383 e. The Morgan fingerprint density at radius 1 is 1.00 bits per heavy atom. The Labute approximate surface area is 128 Å². The van der Waals surface area contributed by atoms with Gasteiger partial charge in [0.1, 0.15) is 17.5 Å². The molecule has 0 unspecified atom stereocenters. The van der Waals surface area contributed by atoms with E-state index in [-0.39, 0.29) is 27.7 Å². The van der Waals surface area contributed by atoms with E-state index < -0.39 is 11.6 Å². The molecule has 0 fully saturated rings. The molecule has 3 aromatic rings. The van der Waals surface area contributed by atoms with E-state index in [0.717, 1.165) is 12.1 Å². The van der Waals surface area contributed by atoms with E-state index in [1.54, 1.807) is 6.07 Å². The van der Waals surface area contributed by atoms with Crippen LogP contribution in [0.2, 0.25) is 10.0 Å². The molecule has 3 nitrogen and oxygen atoms in total. The molecule has 0 saturated carbocycles. The molecule has 3 rings (SSSR count). The Kier molecular flexibility index (Phi) is 3.39. The van der Waals surface area contributed by atoms with E-state index in [9.17, 15) is 8.78 Å². The van der Waals surface area contributed by atoms with Crippen LogP contribution in [0.25, 0.3) is 22.3 Å². The minimum atomic E-state index is -0.779. The van der Waals surface area contributed by atoms with Gasteiger partial charge in [0.2, 0.25) is 0 Å². The van der Waals surface area contributed by atoms with Crippen LogP contribution in [-0.2, 0) is 0 Å². The van der Waals surface area contributed by atoms with Crippen molar-refractivity contribution in [3.05, 3.63) is 52.0 Å². The normalized spacial score (nSPS) is 11.0. The predicted octanol–water partition coefficient (Wildman–Crippen LogP) is 4.46. The lowest BCUT2D eigenvalue weighted by molar-refractivity contribution is 0.587. The van der Waals surface area contributed by atoms with Gasteiger partial charge in [0, 0.05) is 10.4 Å². The van der Waals surface area contributed by atoms with Gasteiger partial charge in [-0.15, -0.1) is 0 Å². The Balaban J connectivity index is 2.36. The number of nitrogen functional groups attached to an aromatic ring is 1. The van der Waals surface area contributed by atoms with Crippen molar-refractivity contribution in [1.29, 1.82) is 0 Å².